The molecule has 1 saturated heterocycles. The lowest BCUT2D eigenvalue weighted by Gasteiger charge is -2.43. The van der Waals surface area contributed by atoms with Gasteiger partial charge in [-0.15, -0.1) is 0 Å². The van der Waals surface area contributed by atoms with Crippen LogP contribution in [0.1, 0.15) is 45.6 Å². The van der Waals surface area contributed by atoms with Crippen LogP contribution < -0.4 is 10.4 Å². The largest absolute Gasteiger partial charge is 0.405 e. The molecule has 31 heavy (non-hydrogen) atoms. The number of ether oxygens (including phenoxy) is 1. The summed E-state index contributed by atoms with van der Waals surface area (Å²) in [6, 6.07) is 21.4. The van der Waals surface area contributed by atoms with Gasteiger partial charge < -0.3 is 13.7 Å². The Balaban J connectivity index is 1.60. The third-order valence-corrected chi connectivity index (χ3v) is 10.9. The number of aryl methyl sites for hydroxylation is 1. The van der Waals surface area contributed by atoms with E-state index in [-0.39, 0.29) is 17.4 Å². The zero-order chi connectivity index (χ0) is 21.9. The number of nitrogens with zero attached hydrogens (tertiary/aromatic N) is 1. The maximum atomic E-state index is 7.01. The molecule has 6 nitrogen and oxygen atoms in total. The average molecular weight is 441 g/mol. The van der Waals surface area contributed by atoms with Crippen molar-refractivity contribution in [3.05, 3.63) is 72.6 Å². The molecule has 1 N–H and O–H groups in total. The van der Waals surface area contributed by atoms with Crippen LogP contribution >= 0.6 is 0 Å². The fourth-order valence-corrected chi connectivity index (χ4v) is 9.07. The number of hydrogen-bond donors (Lipinski definition) is 1. The van der Waals surface area contributed by atoms with Gasteiger partial charge >= 0.3 is 0 Å². The Bertz CT molecular complexity index is 956. The summed E-state index contributed by atoms with van der Waals surface area (Å²) in [4.78, 5) is 0. The molecule has 1 fully saturated rings. The zero-order valence-electron chi connectivity index (χ0n) is 18.7. The molecule has 3 aromatic rings. The highest BCUT2D eigenvalue weighted by molar-refractivity contribution is 6.99. The van der Waals surface area contributed by atoms with Crippen LogP contribution in [0.3, 0.4) is 0 Å². The monoisotopic (exact) mass is 440 g/mol. The van der Waals surface area contributed by atoms with Gasteiger partial charge in [0.05, 0.1) is 18.9 Å². The van der Waals surface area contributed by atoms with Crippen LogP contribution in [0.15, 0.2) is 76.0 Å². The highest BCUT2D eigenvalue weighted by atomic mass is 28.4. The molecule has 2 atom stereocenters. The Morgan fingerprint density at radius 3 is 2.16 bits per heavy atom. The molecule has 7 heteroatoms. The predicted molar refractivity (Wildman–Crippen MR) is 122 cm³/mol. The van der Waals surface area contributed by atoms with E-state index in [1.165, 1.54) is 10.4 Å². The number of H-pyrrole nitrogens is 1. The van der Waals surface area contributed by atoms with E-state index < -0.39 is 8.32 Å². The molecule has 0 radical (unpaired) electrons. The first-order valence-corrected chi connectivity index (χ1v) is 12.8. The van der Waals surface area contributed by atoms with Gasteiger partial charge in [0.25, 0.3) is 8.32 Å². The Kier molecular flexibility index (Phi) is 6.27. The third-order valence-electron chi connectivity index (χ3n) is 5.93. The molecule has 2 aromatic carbocycles. The minimum atomic E-state index is -2.56. The van der Waals surface area contributed by atoms with E-state index in [0.29, 0.717) is 6.61 Å². The summed E-state index contributed by atoms with van der Waals surface area (Å²) in [7, 11) is -2.56. The van der Waals surface area contributed by atoms with Crippen molar-refractivity contribution in [1.29, 1.82) is 0 Å². The first-order chi connectivity index (χ1) is 14.9. The molecule has 1 aliphatic rings. The summed E-state index contributed by atoms with van der Waals surface area (Å²) >= 11 is 0. The van der Waals surface area contributed by atoms with E-state index in [9.17, 15) is 0 Å². The molecule has 4 rings (SSSR count). The summed E-state index contributed by atoms with van der Waals surface area (Å²) in [6.07, 6.45) is 3.41. The molecule has 0 unspecified atom stereocenters. The SMILES string of the molecule is Cc1cn([C@H]2CC[C@H](CO[Si](c3ccccc3)(c3ccccc3)C(C)(C)C)O2)o[nH]o1. The first-order valence-electron chi connectivity index (χ1n) is 10.9. The molecule has 0 amide bonds. The molecule has 0 aliphatic carbocycles. The van der Waals surface area contributed by atoms with Gasteiger partial charge in [0.1, 0.15) is 0 Å². The molecule has 1 aromatic heterocycles. The lowest BCUT2D eigenvalue weighted by Crippen LogP contribution is -2.67. The molecule has 0 saturated carbocycles. The topological polar surface area (TPSA) is 65.5 Å². The Hall–Kier alpha value is -2.48. The number of aromatic nitrogens is 2. The van der Waals surface area contributed by atoms with E-state index in [1.54, 1.807) is 10.9 Å². The Morgan fingerprint density at radius 1 is 1.00 bits per heavy atom. The van der Waals surface area contributed by atoms with E-state index in [0.717, 1.165) is 18.6 Å². The smallest absolute Gasteiger partial charge is 0.261 e. The first kappa shape index (κ1) is 21.7. The Labute approximate surface area is 184 Å². The average Bonchev–Trinajstić information content (AvgIpc) is 3.24. The van der Waals surface area contributed by atoms with Crippen molar-refractivity contribution in [2.24, 2.45) is 0 Å². The van der Waals surface area contributed by atoms with Crippen LogP contribution in [-0.4, -0.2) is 31.1 Å². The second-order valence-electron chi connectivity index (χ2n) is 9.14. The van der Waals surface area contributed by atoms with Crippen molar-refractivity contribution in [1.82, 2.24) is 10.1 Å². The lowest BCUT2D eigenvalue weighted by atomic mass is 10.2. The molecular weight excluding hydrogens is 408 g/mol. The van der Waals surface area contributed by atoms with Gasteiger partial charge in [-0.2, -0.15) is 4.74 Å². The van der Waals surface area contributed by atoms with Crippen molar-refractivity contribution >= 4 is 18.7 Å². The number of benzene rings is 2. The highest BCUT2D eigenvalue weighted by Crippen LogP contribution is 2.38. The fourth-order valence-electron chi connectivity index (χ4n) is 4.48. The molecule has 1 aliphatic heterocycles. The zero-order valence-corrected chi connectivity index (χ0v) is 19.7. The summed E-state index contributed by atoms with van der Waals surface area (Å²) < 4.78 is 25.4. The van der Waals surface area contributed by atoms with Crippen LogP contribution in [0.5, 0.6) is 0 Å². The van der Waals surface area contributed by atoms with Gasteiger partial charge in [-0.3, -0.25) is 4.63 Å². The molecule has 0 bridgehead atoms. The lowest BCUT2D eigenvalue weighted by molar-refractivity contribution is -0.0864. The Morgan fingerprint density at radius 2 is 1.61 bits per heavy atom. The van der Waals surface area contributed by atoms with Crippen LogP contribution in [0.4, 0.5) is 0 Å². The van der Waals surface area contributed by atoms with Crippen LogP contribution in [0.25, 0.3) is 0 Å². The third kappa shape index (κ3) is 4.44. The minimum Gasteiger partial charge on any atom is -0.405 e. The van der Waals surface area contributed by atoms with E-state index >= 15 is 0 Å². The molecular formula is C24H32N2O4Si. The number of aromatic amines is 1. The van der Waals surface area contributed by atoms with Gasteiger partial charge in [0.15, 0.2) is 12.0 Å². The van der Waals surface area contributed by atoms with Gasteiger partial charge in [-0.25, -0.2) is 0 Å². The summed E-state index contributed by atoms with van der Waals surface area (Å²) in [5.74, 6) is 0.724. The highest BCUT2D eigenvalue weighted by Gasteiger charge is 2.50. The van der Waals surface area contributed by atoms with Gasteiger partial charge in [0.2, 0.25) is 0 Å². The van der Waals surface area contributed by atoms with Crippen molar-refractivity contribution < 1.29 is 18.3 Å². The standard InChI is InChI=1S/C24H32N2O4Si/c1-19-17-26(30-25-29-19)23-16-15-20(28-23)18-27-31(24(2,3)4,21-11-7-5-8-12-21)22-13-9-6-10-14-22/h5-14,17,20,23,25H,15-16,18H2,1-4H3/t20-,23-/m1/s1. The maximum absolute atomic E-state index is 7.01. The minimum absolute atomic E-state index is 0.00630. The van der Waals surface area contributed by atoms with Crippen molar-refractivity contribution in [2.45, 2.75) is 57.9 Å². The normalized spacial score (nSPS) is 19.5. The van der Waals surface area contributed by atoms with Gasteiger partial charge in [-0.1, -0.05) is 86.8 Å². The number of nitrogens with one attached hydrogen (secondary N) is 1. The van der Waals surface area contributed by atoms with Crippen LogP contribution in [-0.2, 0) is 9.16 Å². The van der Waals surface area contributed by atoms with Gasteiger partial charge in [0, 0.05) is 0 Å². The maximum Gasteiger partial charge on any atom is 0.261 e. The van der Waals surface area contributed by atoms with Crippen molar-refractivity contribution in [3.63, 3.8) is 0 Å². The second kappa shape index (κ2) is 8.94. The molecule has 2 heterocycles. The second-order valence-corrected chi connectivity index (χ2v) is 13.4. The molecule has 0 spiro atoms. The number of rotatable bonds is 6. The van der Waals surface area contributed by atoms with E-state index in [4.69, 9.17) is 18.3 Å². The van der Waals surface area contributed by atoms with Crippen molar-refractivity contribution in [2.75, 3.05) is 6.61 Å². The summed E-state index contributed by atoms with van der Waals surface area (Å²) in [6.45, 7) is 9.28. The van der Waals surface area contributed by atoms with E-state index in [2.05, 4.69) is 86.8 Å². The summed E-state index contributed by atoms with van der Waals surface area (Å²) in [5.41, 5.74) is 0. The summed E-state index contributed by atoms with van der Waals surface area (Å²) in [5, 5.41) is 4.96. The molecule has 166 valence electrons. The van der Waals surface area contributed by atoms with Crippen LogP contribution in [0, 0.1) is 6.92 Å². The van der Waals surface area contributed by atoms with Crippen LogP contribution in [0.2, 0.25) is 5.04 Å². The van der Waals surface area contributed by atoms with Crippen molar-refractivity contribution in [3.8, 4) is 0 Å². The predicted octanol–water partition coefficient (Wildman–Crippen LogP) is 4.69. The number of hydrogen-bond acceptors (Lipinski definition) is 4. The fraction of sp³-hybridized carbons (Fsp3) is 0.417. The van der Waals surface area contributed by atoms with Gasteiger partial charge in [-0.05, 0) is 35.2 Å². The quantitative estimate of drug-likeness (QED) is 0.565. The van der Waals surface area contributed by atoms with E-state index in [1.807, 2.05) is 6.92 Å².